The molecule has 1 atom stereocenters. The van der Waals surface area contributed by atoms with Crippen molar-refractivity contribution < 1.29 is 4.74 Å². The van der Waals surface area contributed by atoms with E-state index in [1.165, 1.54) is 16.9 Å². The first-order valence-corrected chi connectivity index (χ1v) is 7.17. The third-order valence-corrected chi connectivity index (χ3v) is 4.45. The van der Waals surface area contributed by atoms with Crippen molar-refractivity contribution in [3.63, 3.8) is 0 Å². The van der Waals surface area contributed by atoms with Crippen LogP contribution in [-0.2, 0) is 11.3 Å². The topological polar surface area (TPSA) is 24.5 Å². The summed E-state index contributed by atoms with van der Waals surface area (Å²) in [7, 11) is 2.19. The van der Waals surface area contributed by atoms with Crippen LogP contribution in [0.2, 0.25) is 0 Å². The zero-order valence-corrected chi connectivity index (χ0v) is 11.6. The fourth-order valence-electron chi connectivity index (χ4n) is 2.09. The Labute approximate surface area is 108 Å². The van der Waals surface area contributed by atoms with Crippen molar-refractivity contribution in [2.75, 3.05) is 33.4 Å². The second-order valence-electron chi connectivity index (χ2n) is 4.70. The van der Waals surface area contributed by atoms with Gasteiger partial charge in [0.1, 0.15) is 0 Å². The maximum Gasteiger partial charge on any atom is 0.0622 e. The smallest absolute Gasteiger partial charge is 0.0622 e. The fraction of sp³-hybridized carbons (Fsp3) is 0.692. The van der Waals surface area contributed by atoms with E-state index < -0.39 is 0 Å². The summed E-state index contributed by atoms with van der Waals surface area (Å²) in [6.45, 7) is 7.15. The summed E-state index contributed by atoms with van der Waals surface area (Å²) in [6, 6.07) is 2.81. The third-order valence-electron chi connectivity index (χ3n) is 3.42. The van der Waals surface area contributed by atoms with Crippen LogP contribution >= 0.6 is 11.3 Å². The highest BCUT2D eigenvalue weighted by molar-refractivity contribution is 7.10. The molecule has 1 aromatic heterocycles. The van der Waals surface area contributed by atoms with Gasteiger partial charge in [0.05, 0.1) is 6.61 Å². The molecule has 96 valence electrons. The molecule has 1 aliphatic rings. The van der Waals surface area contributed by atoms with Crippen LogP contribution in [0.1, 0.15) is 16.9 Å². The first-order valence-electron chi connectivity index (χ1n) is 6.29. The minimum Gasteiger partial charge on any atom is -0.380 e. The molecule has 2 heterocycles. The number of hydrogen-bond acceptors (Lipinski definition) is 4. The molecule has 0 saturated carbocycles. The van der Waals surface area contributed by atoms with Crippen molar-refractivity contribution >= 4 is 11.3 Å². The normalized spacial score (nSPS) is 20.3. The maximum absolute atomic E-state index is 5.40. The average molecular weight is 254 g/mol. The molecule has 0 spiro atoms. The lowest BCUT2D eigenvalue weighted by Crippen LogP contribution is -2.37. The molecule has 1 fully saturated rings. The van der Waals surface area contributed by atoms with Crippen molar-refractivity contribution in [2.24, 2.45) is 0 Å². The third kappa shape index (κ3) is 3.78. The van der Waals surface area contributed by atoms with Crippen LogP contribution in [0.25, 0.3) is 0 Å². The molecule has 1 saturated heterocycles. The molecule has 17 heavy (non-hydrogen) atoms. The Balaban J connectivity index is 1.61. The number of thiophene rings is 1. The van der Waals surface area contributed by atoms with E-state index in [1.807, 2.05) is 11.3 Å². The van der Waals surface area contributed by atoms with Crippen molar-refractivity contribution in [3.05, 3.63) is 21.9 Å². The van der Waals surface area contributed by atoms with Gasteiger partial charge in [0.25, 0.3) is 0 Å². The highest BCUT2D eigenvalue weighted by Crippen LogP contribution is 2.14. The Morgan fingerprint density at radius 3 is 3.12 bits per heavy atom. The molecular weight excluding hydrogens is 232 g/mol. The second-order valence-corrected chi connectivity index (χ2v) is 5.70. The molecule has 0 radical (unpaired) electrons. The molecule has 0 amide bonds. The molecule has 0 aliphatic carbocycles. The van der Waals surface area contributed by atoms with Crippen LogP contribution in [0.4, 0.5) is 0 Å². The largest absolute Gasteiger partial charge is 0.380 e. The van der Waals surface area contributed by atoms with Gasteiger partial charge in [-0.1, -0.05) is 0 Å². The summed E-state index contributed by atoms with van der Waals surface area (Å²) in [6.07, 6.45) is 1.18. The number of nitrogens with one attached hydrogen (secondary N) is 1. The Bertz CT molecular complexity index is 334. The molecule has 1 unspecified atom stereocenters. The molecular formula is C13H22N2OS. The lowest BCUT2D eigenvalue weighted by Gasteiger charge is -2.22. The van der Waals surface area contributed by atoms with Crippen molar-refractivity contribution in [1.82, 2.24) is 10.2 Å². The predicted molar refractivity (Wildman–Crippen MR) is 72.6 cm³/mol. The maximum atomic E-state index is 5.40. The van der Waals surface area contributed by atoms with Gasteiger partial charge in [-0.05, 0) is 37.4 Å². The summed E-state index contributed by atoms with van der Waals surface area (Å²) >= 11 is 1.84. The summed E-state index contributed by atoms with van der Waals surface area (Å²) in [5.74, 6) is 0. The molecule has 0 aromatic carbocycles. The van der Waals surface area contributed by atoms with Crippen molar-refractivity contribution in [1.29, 1.82) is 0 Å². The van der Waals surface area contributed by atoms with Gasteiger partial charge in [-0.3, -0.25) is 4.90 Å². The Kier molecular flexibility index (Phi) is 4.98. The van der Waals surface area contributed by atoms with Crippen LogP contribution in [0.5, 0.6) is 0 Å². The predicted octanol–water partition coefficient (Wildman–Crippen LogP) is 1.87. The zero-order chi connectivity index (χ0) is 12.1. The fourth-order valence-corrected chi connectivity index (χ4v) is 2.97. The van der Waals surface area contributed by atoms with E-state index in [2.05, 4.69) is 35.6 Å². The van der Waals surface area contributed by atoms with E-state index in [-0.39, 0.29) is 0 Å². The minimum absolute atomic E-state index is 0.625. The van der Waals surface area contributed by atoms with Gasteiger partial charge in [0.2, 0.25) is 0 Å². The standard InChI is InChI=1S/C13H22N2OS/c1-11-4-8-17-13(11)9-14-5-6-15(2)12-3-7-16-10-12/h4,8,12,14H,3,5-7,9-10H2,1-2H3. The molecule has 4 heteroatoms. The number of aryl methyl sites for hydroxylation is 1. The van der Waals surface area contributed by atoms with E-state index >= 15 is 0 Å². The van der Waals surface area contributed by atoms with Gasteiger partial charge in [-0.15, -0.1) is 11.3 Å². The lowest BCUT2D eigenvalue weighted by atomic mass is 10.2. The number of ether oxygens (including phenoxy) is 1. The number of rotatable bonds is 6. The lowest BCUT2D eigenvalue weighted by molar-refractivity contribution is 0.159. The molecule has 2 rings (SSSR count). The van der Waals surface area contributed by atoms with Crippen LogP contribution < -0.4 is 5.32 Å². The molecule has 3 nitrogen and oxygen atoms in total. The summed E-state index contributed by atoms with van der Waals surface area (Å²) < 4.78 is 5.40. The van der Waals surface area contributed by atoms with Gasteiger partial charge in [0.15, 0.2) is 0 Å². The first kappa shape index (κ1) is 13.0. The van der Waals surface area contributed by atoms with E-state index in [1.54, 1.807) is 0 Å². The zero-order valence-electron chi connectivity index (χ0n) is 10.7. The minimum atomic E-state index is 0.625. The summed E-state index contributed by atoms with van der Waals surface area (Å²) in [4.78, 5) is 3.86. The number of nitrogens with zero attached hydrogens (tertiary/aromatic N) is 1. The highest BCUT2D eigenvalue weighted by Gasteiger charge is 2.19. The quantitative estimate of drug-likeness (QED) is 0.784. The SMILES string of the molecule is Cc1ccsc1CNCCN(C)C1CCOC1. The van der Waals surface area contributed by atoms with Gasteiger partial charge in [-0.2, -0.15) is 0 Å². The van der Waals surface area contributed by atoms with Crippen LogP contribution in [0.15, 0.2) is 11.4 Å². The van der Waals surface area contributed by atoms with E-state index in [0.29, 0.717) is 6.04 Å². The van der Waals surface area contributed by atoms with Gasteiger partial charge in [-0.25, -0.2) is 0 Å². The molecule has 1 aliphatic heterocycles. The number of hydrogen-bond donors (Lipinski definition) is 1. The summed E-state index contributed by atoms with van der Waals surface area (Å²) in [5.41, 5.74) is 1.40. The monoisotopic (exact) mass is 254 g/mol. The second kappa shape index (κ2) is 6.50. The van der Waals surface area contributed by atoms with Gasteiger partial charge in [0, 0.05) is 37.2 Å². The van der Waals surface area contributed by atoms with Gasteiger partial charge < -0.3 is 10.1 Å². The first-order chi connectivity index (χ1) is 8.27. The molecule has 1 aromatic rings. The van der Waals surface area contributed by atoms with Crippen LogP contribution in [0.3, 0.4) is 0 Å². The average Bonchev–Trinajstić information content (AvgIpc) is 2.96. The van der Waals surface area contributed by atoms with Crippen LogP contribution in [-0.4, -0.2) is 44.3 Å². The van der Waals surface area contributed by atoms with E-state index in [4.69, 9.17) is 4.74 Å². The van der Waals surface area contributed by atoms with Gasteiger partial charge >= 0.3 is 0 Å². The van der Waals surface area contributed by atoms with E-state index in [9.17, 15) is 0 Å². The van der Waals surface area contributed by atoms with Crippen molar-refractivity contribution in [2.45, 2.75) is 25.9 Å². The Morgan fingerprint density at radius 1 is 1.59 bits per heavy atom. The number of likely N-dealkylation sites (N-methyl/N-ethyl adjacent to an activating group) is 1. The van der Waals surface area contributed by atoms with Crippen LogP contribution in [0, 0.1) is 6.92 Å². The highest BCUT2D eigenvalue weighted by atomic mass is 32.1. The Morgan fingerprint density at radius 2 is 2.47 bits per heavy atom. The molecule has 1 N–H and O–H groups in total. The summed E-state index contributed by atoms with van der Waals surface area (Å²) in [5, 5.41) is 5.67. The Hall–Kier alpha value is -0.420. The van der Waals surface area contributed by atoms with E-state index in [0.717, 1.165) is 32.8 Å². The van der Waals surface area contributed by atoms with Crippen molar-refractivity contribution in [3.8, 4) is 0 Å². The molecule has 0 bridgehead atoms.